The standard InChI is InChI=1S/C15H22N2O4/c1-5-9(2)13(14(18)19)17-15(20)16-11-6-7-12(21-4)10(3)8-11/h6-9,13H,5H2,1-4H3,(H,18,19)(H2,16,17,20)/t9-,13-/m0/s1. The Morgan fingerprint density at radius 1 is 1.38 bits per heavy atom. The van der Waals surface area contributed by atoms with Crippen LogP contribution in [0.25, 0.3) is 0 Å². The summed E-state index contributed by atoms with van der Waals surface area (Å²) in [6, 6.07) is 3.76. The summed E-state index contributed by atoms with van der Waals surface area (Å²) in [7, 11) is 1.58. The third-order valence-electron chi connectivity index (χ3n) is 3.42. The van der Waals surface area contributed by atoms with Crippen molar-refractivity contribution in [2.75, 3.05) is 12.4 Å². The Kier molecular flexibility index (Phi) is 6.02. The van der Waals surface area contributed by atoms with Crippen LogP contribution in [0.2, 0.25) is 0 Å². The average Bonchev–Trinajstić information content (AvgIpc) is 2.44. The fourth-order valence-corrected chi connectivity index (χ4v) is 1.95. The van der Waals surface area contributed by atoms with E-state index in [2.05, 4.69) is 10.6 Å². The molecule has 0 aromatic heterocycles. The van der Waals surface area contributed by atoms with E-state index in [1.54, 1.807) is 32.2 Å². The number of carboxylic acids is 1. The van der Waals surface area contributed by atoms with E-state index in [4.69, 9.17) is 9.84 Å². The Labute approximate surface area is 124 Å². The highest BCUT2D eigenvalue weighted by Gasteiger charge is 2.25. The first kappa shape index (κ1) is 16.8. The summed E-state index contributed by atoms with van der Waals surface area (Å²) in [4.78, 5) is 23.1. The Morgan fingerprint density at radius 3 is 2.52 bits per heavy atom. The van der Waals surface area contributed by atoms with Gasteiger partial charge in [-0.1, -0.05) is 20.3 Å². The van der Waals surface area contributed by atoms with Crippen LogP contribution in [0.5, 0.6) is 5.75 Å². The molecule has 1 aromatic rings. The lowest BCUT2D eigenvalue weighted by Crippen LogP contribution is -2.46. The van der Waals surface area contributed by atoms with E-state index < -0.39 is 18.0 Å². The number of benzene rings is 1. The number of hydrogen-bond acceptors (Lipinski definition) is 3. The minimum atomic E-state index is -1.04. The smallest absolute Gasteiger partial charge is 0.326 e. The number of nitrogens with one attached hydrogen (secondary N) is 2. The van der Waals surface area contributed by atoms with Crippen molar-refractivity contribution in [2.45, 2.75) is 33.2 Å². The van der Waals surface area contributed by atoms with Crippen LogP contribution < -0.4 is 15.4 Å². The molecule has 0 saturated carbocycles. The third-order valence-corrected chi connectivity index (χ3v) is 3.42. The Balaban J connectivity index is 2.72. The van der Waals surface area contributed by atoms with Gasteiger partial charge < -0.3 is 20.5 Å². The van der Waals surface area contributed by atoms with Gasteiger partial charge in [-0.15, -0.1) is 0 Å². The quantitative estimate of drug-likeness (QED) is 0.752. The number of amides is 2. The maximum absolute atomic E-state index is 11.9. The van der Waals surface area contributed by atoms with Gasteiger partial charge >= 0.3 is 12.0 Å². The second-order valence-electron chi connectivity index (χ2n) is 4.98. The predicted molar refractivity (Wildman–Crippen MR) is 80.8 cm³/mol. The SMILES string of the molecule is CC[C@H](C)[C@H](NC(=O)Nc1ccc(OC)c(C)c1)C(=O)O. The minimum absolute atomic E-state index is 0.147. The molecule has 0 radical (unpaired) electrons. The lowest BCUT2D eigenvalue weighted by atomic mass is 9.99. The van der Waals surface area contributed by atoms with Gasteiger partial charge in [0.05, 0.1) is 7.11 Å². The first-order valence-electron chi connectivity index (χ1n) is 6.84. The minimum Gasteiger partial charge on any atom is -0.496 e. The van der Waals surface area contributed by atoms with Crippen molar-refractivity contribution in [2.24, 2.45) is 5.92 Å². The van der Waals surface area contributed by atoms with Crippen molar-refractivity contribution in [3.05, 3.63) is 23.8 Å². The van der Waals surface area contributed by atoms with Gasteiger partial charge in [0, 0.05) is 5.69 Å². The van der Waals surface area contributed by atoms with E-state index in [1.165, 1.54) is 0 Å². The van der Waals surface area contributed by atoms with Crippen molar-refractivity contribution >= 4 is 17.7 Å². The van der Waals surface area contributed by atoms with Gasteiger partial charge in [0.2, 0.25) is 0 Å². The first-order valence-corrected chi connectivity index (χ1v) is 6.84. The van der Waals surface area contributed by atoms with Crippen LogP contribution in [-0.4, -0.2) is 30.3 Å². The zero-order chi connectivity index (χ0) is 16.0. The van der Waals surface area contributed by atoms with Gasteiger partial charge in [-0.05, 0) is 36.6 Å². The van der Waals surface area contributed by atoms with Gasteiger partial charge in [-0.2, -0.15) is 0 Å². The van der Waals surface area contributed by atoms with E-state index in [-0.39, 0.29) is 5.92 Å². The van der Waals surface area contributed by atoms with Crippen molar-refractivity contribution < 1.29 is 19.4 Å². The van der Waals surface area contributed by atoms with E-state index in [0.717, 1.165) is 11.3 Å². The average molecular weight is 294 g/mol. The van der Waals surface area contributed by atoms with Crippen LogP contribution in [-0.2, 0) is 4.79 Å². The van der Waals surface area contributed by atoms with Crippen LogP contribution in [0.1, 0.15) is 25.8 Å². The Hall–Kier alpha value is -2.24. The number of anilines is 1. The molecule has 3 N–H and O–H groups in total. The summed E-state index contributed by atoms with van der Waals surface area (Å²) in [6.45, 7) is 5.53. The predicted octanol–water partition coefficient (Wildman–Crippen LogP) is 2.62. The normalized spacial score (nSPS) is 13.1. The number of aliphatic carboxylic acids is 1. The monoisotopic (exact) mass is 294 g/mol. The lowest BCUT2D eigenvalue weighted by Gasteiger charge is -2.20. The van der Waals surface area contributed by atoms with Crippen LogP contribution >= 0.6 is 0 Å². The summed E-state index contributed by atoms with van der Waals surface area (Å²) >= 11 is 0. The van der Waals surface area contributed by atoms with E-state index >= 15 is 0 Å². The number of carboxylic acid groups (broad SMARTS) is 1. The molecule has 1 aromatic carbocycles. The molecule has 21 heavy (non-hydrogen) atoms. The highest BCUT2D eigenvalue weighted by Crippen LogP contribution is 2.21. The molecule has 2 amide bonds. The number of ether oxygens (including phenoxy) is 1. The fourth-order valence-electron chi connectivity index (χ4n) is 1.95. The van der Waals surface area contributed by atoms with Crippen LogP contribution in [0.3, 0.4) is 0 Å². The molecule has 0 bridgehead atoms. The Morgan fingerprint density at radius 2 is 2.05 bits per heavy atom. The number of urea groups is 1. The van der Waals surface area contributed by atoms with E-state index in [1.807, 2.05) is 13.8 Å². The second kappa shape index (κ2) is 7.52. The van der Waals surface area contributed by atoms with E-state index in [9.17, 15) is 9.59 Å². The van der Waals surface area contributed by atoms with Crippen LogP contribution in [0.4, 0.5) is 10.5 Å². The van der Waals surface area contributed by atoms with Crippen molar-refractivity contribution in [1.29, 1.82) is 0 Å². The molecule has 1 rings (SSSR count). The third kappa shape index (κ3) is 4.66. The molecular formula is C15H22N2O4. The van der Waals surface area contributed by atoms with E-state index in [0.29, 0.717) is 12.1 Å². The zero-order valence-electron chi connectivity index (χ0n) is 12.8. The van der Waals surface area contributed by atoms with Gasteiger partial charge in [0.25, 0.3) is 0 Å². The maximum Gasteiger partial charge on any atom is 0.326 e. The summed E-state index contributed by atoms with van der Waals surface area (Å²) < 4.78 is 5.14. The maximum atomic E-state index is 11.9. The number of aryl methyl sites for hydroxylation is 1. The highest BCUT2D eigenvalue weighted by molar-refractivity contribution is 5.92. The van der Waals surface area contributed by atoms with Crippen LogP contribution in [0, 0.1) is 12.8 Å². The number of carbonyl (C=O) groups is 2. The topological polar surface area (TPSA) is 87.7 Å². The number of carbonyl (C=O) groups excluding carboxylic acids is 1. The highest BCUT2D eigenvalue weighted by atomic mass is 16.5. The molecule has 0 spiro atoms. The van der Waals surface area contributed by atoms with Gasteiger partial charge in [-0.3, -0.25) is 0 Å². The van der Waals surface area contributed by atoms with Crippen LogP contribution in [0.15, 0.2) is 18.2 Å². The summed E-state index contributed by atoms with van der Waals surface area (Å²) in [6.07, 6.45) is 0.666. The Bertz CT molecular complexity index is 516. The number of hydrogen-bond donors (Lipinski definition) is 3. The molecule has 6 nitrogen and oxygen atoms in total. The molecule has 0 aliphatic heterocycles. The van der Waals surface area contributed by atoms with Crippen molar-refractivity contribution in [3.63, 3.8) is 0 Å². The molecule has 2 atom stereocenters. The molecule has 0 heterocycles. The molecule has 116 valence electrons. The zero-order valence-corrected chi connectivity index (χ0v) is 12.8. The summed E-state index contributed by atoms with van der Waals surface area (Å²) in [5.41, 5.74) is 1.46. The fraction of sp³-hybridized carbons (Fsp3) is 0.467. The molecule has 0 aliphatic rings. The van der Waals surface area contributed by atoms with Gasteiger partial charge in [0.15, 0.2) is 0 Å². The van der Waals surface area contributed by atoms with Gasteiger partial charge in [0.1, 0.15) is 11.8 Å². The molecule has 6 heteroatoms. The first-order chi connectivity index (χ1) is 9.88. The number of methoxy groups -OCH3 is 1. The molecule has 0 unspecified atom stereocenters. The van der Waals surface area contributed by atoms with Crippen molar-refractivity contribution in [1.82, 2.24) is 5.32 Å². The lowest BCUT2D eigenvalue weighted by molar-refractivity contribution is -0.140. The molecule has 0 aliphatic carbocycles. The molecule has 0 saturated heterocycles. The molecular weight excluding hydrogens is 272 g/mol. The summed E-state index contributed by atoms with van der Waals surface area (Å²) in [5, 5.41) is 14.3. The second-order valence-corrected chi connectivity index (χ2v) is 4.98. The number of rotatable bonds is 6. The van der Waals surface area contributed by atoms with Crippen molar-refractivity contribution in [3.8, 4) is 5.75 Å². The van der Waals surface area contributed by atoms with Gasteiger partial charge in [-0.25, -0.2) is 9.59 Å². The summed E-state index contributed by atoms with van der Waals surface area (Å²) in [5.74, 6) is -0.458. The molecule has 0 fully saturated rings. The largest absolute Gasteiger partial charge is 0.496 e.